The van der Waals surface area contributed by atoms with E-state index in [4.69, 9.17) is 4.74 Å². The summed E-state index contributed by atoms with van der Waals surface area (Å²) in [6.45, 7) is 5.92. The number of ether oxygens (including phenoxy) is 1. The Balaban J connectivity index is 1.61. The molecule has 3 fully saturated rings. The van der Waals surface area contributed by atoms with Crippen LogP contribution in [0, 0.1) is 11.8 Å². The second-order valence-corrected chi connectivity index (χ2v) is 5.37. The first-order valence-electron chi connectivity index (χ1n) is 6.79. The second kappa shape index (κ2) is 4.76. The van der Waals surface area contributed by atoms with E-state index in [1.165, 1.54) is 26.1 Å². The highest BCUT2D eigenvalue weighted by Gasteiger charge is 2.46. The maximum Gasteiger partial charge on any atom is 0.213 e. The summed E-state index contributed by atoms with van der Waals surface area (Å²) in [5.74, 6) is 2.29. The Kier molecular flexibility index (Phi) is 3.12. The van der Waals surface area contributed by atoms with Gasteiger partial charge in [-0.2, -0.15) is 0 Å². The number of methoxy groups -OCH3 is 1. The number of aromatic nitrogens is 1. The van der Waals surface area contributed by atoms with E-state index in [9.17, 15) is 0 Å². The summed E-state index contributed by atoms with van der Waals surface area (Å²) in [6, 6.07) is 4.61. The molecule has 1 aromatic rings. The number of anilines is 1. The van der Waals surface area contributed by atoms with E-state index in [0.29, 0.717) is 11.9 Å². The highest BCUT2D eigenvalue weighted by Crippen LogP contribution is 2.41. The standard InChI is InChI=1S/C14H21N3O/c1-3-17-8-10-6-11(9-17)14(10)16-12-4-5-13(18-2)15-7-12/h4-5,7,10-11,14,16H,3,6,8-9H2,1-2H3. The van der Waals surface area contributed by atoms with Gasteiger partial charge in [0, 0.05) is 25.2 Å². The zero-order valence-corrected chi connectivity index (χ0v) is 11.1. The van der Waals surface area contributed by atoms with Crippen molar-refractivity contribution in [3.05, 3.63) is 18.3 Å². The van der Waals surface area contributed by atoms with Crippen molar-refractivity contribution >= 4 is 5.69 Å². The number of nitrogens with zero attached hydrogens (tertiary/aromatic N) is 2. The molecule has 0 radical (unpaired) electrons. The molecule has 18 heavy (non-hydrogen) atoms. The van der Waals surface area contributed by atoms with Gasteiger partial charge in [0.1, 0.15) is 0 Å². The van der Waals surface area contributed by atoms with Gasteiger partial charge < -0.3 is 15.0 Å². The van der Waals surface area contributed by atoms with Crippen molar-refractivity contribution in [2.45, 2.75) is 19.4 Å². The first-order chi connectivity index (χ1) is 8.80. The number of nitrogens with one attached hydrogen (secondary N) is 1. The molecule has 2 bridgehead atoms. The van der Waals surface area contributed by atoms with E-state index in [2.05, 4.69) is 28.2 Å². The van der Waals surface area contributed by atoms with Crippen molar-refractivity contribution in [3.8, 4) is 5.88 Å². The zero-order chi connectivity index (χ0) is 12.5. The van der Waals surface area contributed by atoms with Crippen LogP contribution in [0.4, 0.5) is 5.69 Å². The molecule has 4 rings (SSSR count). The minimum absolute atomic E-state index is 0.642. The molecule has 0 amide bonds. The van der Waals surface area contributed by atoms with Gasteiger partial charge in [-0.05, 0) is 30.9 Å². The van der Waals surface area contributed by atoms with Crippen LogP contribution in [-0.4, -0.2) is 42.7 Å². The Labute approximate surface area is 108 Å². The van der Waals surface area contributed by atoms with Gasteiger partial charge >= 0.3 is 0 Å². The van der Waals surface area contributed by atoms with E-state index >= 15 is 0 Å². The summed E-state index contributed by atoms with van der Waals surface area (Å²) < 4.78 is 5.07. The lowest BCUT2D eigenvalue weighted by Gasteiger charge is -2.54. The molecular weight excluding hydrogens is 226 g/mol. The summed E-state index contributed by atoms with van der Waals surface area (Å²) in [6.07, 6.45) is 3.25. The Morgan fingerprint density at radius 2 is 2.17 bits per heavy atom. The third-order valence-electron chi connectivity index (χ3n) is 4.33. The SMILES string of the molecule is CCN1CC2CC(C1)C2Nc1ccc(OC)nc1. The van der Waals surface area contributed by atoms with Gasteiger partial charge in [0.15, 0.2) is 0 Å². The highest BCUT2D eigenvalue weighted by atomic mass is 16.5. The van der Waals surface area contributed by atoms with Crippen LogP contribution in [0.3, 0.4) is 0 Å². The van der Waals surface area contributed by atoms with Crippen molar-refractivity contribution in [3.63, 3.8) is 0 Å². The van der Waals surface area contributed by atoms with Gasteiger partial charge in [0.05, 0.1) is 19.0 Å². The fourth-order valence-electron chi connectivity index (χ4n) is 3.26. The van der Waals surface area contributed by atoms with E-state index in [0.717, 1.165) is 17.5 Å². The van der Waals surface area contributed by atoms with Crippen LogP contribution in [0.15, 0.2) is 18.3 Å². The van der Waals surface area contributed by atoms with Crippen LogP contribution < -0.4 is 10.1 Å². The number of piperidine rings is 2. The van der Waals surface area contributed by atoms with Crippen LogP contribution in [0.2, 0.25) is 0 Å². The number of hydrogen-bond donors (Lipinski definition) is 1. The largest absolute Gasteiger partial charge is 0.481 e. The number of pyridine rings is 1. The molecule has 1 aliphatic carbocycles. The minimum Gasteiger partial charge on any atom is -0.481 e. The molecule has 4 heteroatoms. The summed E-state index contributed by atoms with van der Waals surface area (Å²) in [4.78, 5) is 6.80. The molecule has 2 saturated heterocycles. The molecule has 1 saturated carbocycles. The quantitative estimate of drug-likeness (QED) is 0.881. The number of fused-ring (bicyclic) bond motifs is 2. The normalized spacial score (nSPS) is 30.7. The maximum absolute atomic E-state index is 5.07. The van der Waals surface area contributed by atoms with Gasteiger partial charge in [-0.25, -0.2) is 4.98 Å². The lowest BCUT2D eigenvalue weighted by Crippen LogP contribution is -2.61. The van der Waals surface area contributed by atoms with Crippen molar-refractivity contribution in [1.82, 2.24) is 9.88 Å². The summed E-state index contributed by atoms with van der Waals surface area (Å²) in [5.41, 5.74) is 1.11. The zero-order valence-electron chi connectivity index (χ0n) is 11.1. The summed E-state index contributed by atoms with van der Waals surface area (Å²) in [5, 5.41) is 3.63. The average Bonchev–Trinajstić information content (AvgIpc) is 2.45. The van der Waals surface area contributed by atoms with E-state index in [1.54, 1.807) is 7.11 Å². The Bertz CT molecular complexity index is 394. The van der Waals surface area contributed by atoms with Crippen LogP contribution in [0.25, 0.3) is 0 Å². The smallest absolute Gasteiger partial charge is 0.213 e. The van der Waals surface area contributed by atoms with E-state index in [1.807, 2.05) is 12.3 Å². The molecule has 2 atom stereocenters. The molecular formula is C14H21N3O. The molecule has 98 valence electrons. The number of hydrogen-bond acceptors (Lipinski definition) is 4. The Morgan fingerprint density at radius 1 is 1.39 bits per heavy atom. The fourth-order valence-corrected chi connectivity index (χ4v) is 3.26. The van der Waals surface area contributed by atoms with Crippen LogP contribution in [0.1, 0.15) is 13.3 Å². The third-order valence-corrected chi connectivity index (χ3v) is 4.33. The molecule has 3 heterocycles. The predicted octanol–water partition coefficient (Wildman–Crippen LogP) is 1.84. The molecule has 1 N–H and O–H groups in total. The first kappa shape index (κ1) is 11.8. The van der Waals surface area contributed by atoms with Crippen LogP contribution >= 0.6 is 0 Å². The van der Waals surface area contributed by atoms with Crippen molar-refractivity contribution in [2.75, 3.05) is 32.1 Å². The molecule has 0 spiro atoms. The Hall–Kier alpha value is -1.29. The first-order valence-corrected chi connectivity index (χ1v) is 6.79. The van der Waals surface area contributed by atoms with Crippen molar-refractivity contribution in [1.29, 1.82) is 0 Å². The van der Waals surface area contributed by atoms with Gasteiger partial charge in [0.2, 0.25) is 5.88 Å². The predicted molar refractivity (Wildman–Crippen MR) is 71.9 cm³/mol. The van der Waals surface area contributed by atoms with Gasteiger partial charge in [-0.1, -0.05) is 6.92 Å². The van der Waals surface area contributed by atoms with Gasteiger partial charge in [-0.3, -0.25) is 0 Å². The van der Waals surface area contributed by atoms with Crippen LogP contribution in [0.5, 0.6) is 5.88 Å². The second-order valence-electron chi connectivity index (χ2n) is 5.37. The molecule has 1 aromatic heterocycles. The lowest BCUT2D eigenvalue weighted by atomic mass is 9.66. The van der Waals surface area contributed by atoms with Crippen molar-refractivity contribution < 1.29 is 4.74 Å². The molecule has 2 unspecified atom stereocenters. The molecule has 0 aromatic carbocycles. The monoisotopic (exact) mass is 247 g/mol. The Morgan fingerprint density at radius 3 is 2.72 bits per heavy atom. The highest BCUT2D eigenvalue weighted by molar-refractivity contribution is 5.44. The van der Waals surface area contributed by atoms with E-state index in [-0.39, 0.29) is 0 Å². The average molecular weight is 247 g/mol. The lowest BCUT2D eigenvalue weighted by molar-refractivity contribution is 0.0150. The fraction of sp³-hybridized carbons (Fsp3) is 0.643. The van der Waals surface area contributed by atoms with E-state index < -0.39 is 0 Å². The van der Waals surface area contributed by atoms with Gasteiger partial charge in [0.25, 0.3) is 0 Å². The van der Waals surface area contributed by atoms with Crippen molar-refractivity contribution in [2.24, 2.45) is 11.8 Å². The van der Waals surface area contributed by atoms with Crippen LogP contribution in [-0.2, 0) is 0 Å². The third kappa shape index (κ3) is 2.05. The maximum atomic E-state index is 5.07. The molecule has 4 nitrogen and oxygen atoms in total. The summed E-state index contributed by atoms with van der Waals surface area (Å²) >= 11 is 0. The summed E-state index contributed by atoms with van der Waals surface area (Å²) in [7, 11) is 1.64. The van der Waals surface area contributed by atoms with Gasteiger partial charge in [-0.15, -0.1) is 0 Å². The topological polar surface area (TPSA) is 37.4 Å². The minimum atomic E-state index is 0.642. The number of rotatable bonds is 4. The molecule has 3 aliphatic rings. The molecule has 2 aliphatic heterocycles.